The van der Waals surface area contributed by atoms with Crippen LogP contribution in [0.25, 0.3) is 0 Å². The van der Waals surface area contributed by atoms with E-state index >= 15 is 0 Å². The largest absolute Gasteiger partial charge is 0.480 e. The Kier molecular flexibility index (Phi) is 3.36. The Labute approximate surface area is 81.2 Å². The van der Waals surface area contributed by atoms with Crippen molar-refractivity contribution in [3.63, 3.8) is 0 Å². The van der Waals surface area contributed by atoms with Crippen molar-refractivity contribution in [2.45, 2.75) is 12.2 Å². The van der Waals surface area contributed by atoms with Gasteiger partial charge in [0.05, 0.1) is 0 Å². The Hall–Kier alpha value is -1.68. The second-order valence-corrected chi connectivity index (χ2v) is 2.80. The van der Waals surface area contributed by atoms with Gasteiger partial charge in [0, 0.05) is 5.57 Å². The number of aliphatic hydroxyl groups is 1. The summed E-state index contributed by atoms with van der Waals surface area (Å²) < 4.78 is 4.99. The summed E-state index contributed by atoms with van der Waals surface area (Å²) in [6.45, 7) is 3.31. The molecule has 4 heteroatoms. The van der Waals surface area contributed by atoms with Crippen LogP contribution in [-0.4, -0.2) is 29.9 Å². The summed E-state index contributed by atoms with van der Waals surface area (Å²) >= 11 is 0. The molecule has 2 atom stereocenters. The predicted octanol–water partition coefficient (Wildman–Crippen LogP) is 0.140. The van der Waals surface area contributed by atoms with Crippen LogP contribution in [-0.2, 0) is 14.3 Å². The molecule has 14 heavy (non-hydrogen) atoms. The van der Waals surface area contributed by atoms with E-state index in [-0.39, 0.29) is 5.76 Å². The molecule has 0 aromatic rings. The summed E-state index contributed by atoms with van der Waals surface area (Å²) in [7, 11) is 0. The minimum Gasteiger partial charge on any atom is -0.480 e. The molecule has 74 valence electrons. The molecule has 1 aliphatic rings. The maximum Gasteiger partial charge on any atom is 0.184 e. The van der Waals surface area contributed by atoms with Gasteiger partial charge >= 0.3 is 0 Å². The van der Waals surface area contributed by atoms with Crippen LogP contribution in [0.3, 0.4) is 0 Å². The van der Waals surface area contributed by atoms with E-state index in [1.165, 1.54) is 18.2 Å². The van der Waals surface area contributed by atoms with Crippen LogP contribution < -0.4 is 0 Å². The molecule has 0 aromatic carbocycles. The van der Waals surface area contributed by atoms with Crippen molar-refractivity contribution >= 4 is 12.6 Å². The molecule has 0 aliphatic heterocycles. The number of aliphatic hydroxyl groups excluding tert-OH is 1. The van der Waals surface area contributed by atoms with Gasteiger partial charge in [-0.05, 0) is 6.08 Å². The first kappa shape index (κ1) is 10.4. The lowest BCUT2D eigenvalue weighted by molar-refractivity contribution is -0.108. The molecule has 1 N–H and O–H groups in total. The molecule has 0 saturated heterocycles. The molecule has 0 bridgehead atoms. The number of carbonyl (C=O) groups excluding carboxylic acids is 2. The number of allylic oxidation sites excluding steroid dienone is 3. The second kappa shape index (κ2) is 4.53. The molecular weight excluding hydrogens is 184 g/mol. The monoisotopic (exact) mass is 194 g/mol. The quantitative estimate of drug-likeness (QED) is 0.393. The summed E-state index contributed by atoms with van der Waals surface area (Å²) in [6.07, 6.45) is 3.84. The average Bonchev–Trinajstić information content (AvgIpc) is 2.21. The van der Waals surface area contributed by atoms with E-state index in [9.17, 15) is 14.7 Å². The normalized spacial score (nSPS) is 25.1. The summed E-state index contributed by atoms with van der Waals surface area (Å²) in [5, 5.41) is 9.40. The van der Waals surface area contributed by atoms with Crippen molar-refractivity contribution < 1.29 is 19.4 Å². The third-order valence-electron chi connectivity index (χ3n) is 1.73. The van der Waals surface area contributed by atoms with Gasteiger partial charge in [-0.2, -0.15) is 0 Å². The second-order valence-electron chi connectivity index (χ2n) is 2.80. The van der Waals surface area contributed by atoms with Crippen molar-refractivity contribution in [1.82, 2.24) is 0 Å². The van der Waals surface area contributed by atoms with E-state index in [1.54, 1.807) is 0 Å². The number of hydrogen-bond donors (Lipinski definition) is 1. The van der Waals surface area contributed by atoms with Gasteiger partial charge in [0.1, 0.15) is 18.5 Å². The number of hydrogen-bond acceptors (Lipinski definition) is 4. The maximum atomic E-state index is 10.4. The van der Waals surface area contributed by atoms with Crippen molar-refractivity contribution in [3.05, 3.63) is 36.1 Å². The highest BCUT2D eigenvalue weighted by Gasteiger charge is 2.20. The van der Waals surface area contributed by atoms with Crippen molar-refractivity contribution in [2.24, 2.45) is 0 Å². The molecule has 4 nitrogen and oxygen atoms in total. The lowest BCUT2D eigenvalue weighted by Crippen LogP contribution is -2.27. The smallest absolute Gasteiger partial charge is 0.184 e. The van der Waals surface area contributed by atoms with Gasteiger partial charge in [-0.1, -0.05) is 18.7 Å². The van der Waals surface area contributed by atoms with Gasteiger partial charge in [0.2, 0.25) is 0 Å². The number of rotatable bonds is 4. The third-order valence-corrected chi connectivity index (χ3v) is 1.73. The SMILES string of the molecule is C=C(C=O)OC1C=C(C=O)C=C[C@H]1O. The van der Waals surface area contributed by atoms with Gasteiger partial charge in [-0.3, -0.25) is 9.59 Å². The highest BCUT2D eigenvalue weighted by atomic mass is 16.5. The number of aldehydes is 2. The highest BCUT2D eigenvalue weighted by Crippen LogP contribution is 2.14. The fraction of sp³-hybridized carbons (Fsp3) is 0.200. The first-order valence-electron chi connectivity index (χ1n) is 4.01. The lowest BCUT2D eigenvalue weighted by Gasteiger charge is -2.21. The molecule has 0 amide bonds. The standard InChI is InChI=1S/C10H10O4/c1-7(5-11)14-10-4-8(6-12)2-3-9(10)13/h2-6,9-10,13H,1H2/t9-,10?/m1/s1. The van der Waals surface area contributed by atoms with Crippen LogP contribution in [0.1, 0.15) is 0 Å². The molecule has 0 aromatic heterocycles. The number of carbonyl (C=O) groups is 2. The van der Waals surface area contributed by atoms with Gasteiger partial charge < -0.3 is 9.84 Å². The first-order valence-corrected chi connectivity index (χ1v) is 4.01. The molecule has 1 unspecified atom stereocenters. The van der Waals surface area contributed by atoms with Gasteiger partial charge in [0.25, 0.3) is 0 Å². The van der Waals surface area contributed by atoms with E-state index in [0.717, 1.165) is 0 Å². The maximum absolute atomic E-state index is 10.4. The van der Waals surface area contributed by atoms with Crippen molar-refractivity contribution in [3.8, 4) is 0 Å². The van der Waals surface area contributed by atoms with Crippen LogP contribution in [0.15, 0.2) is 36.1 Å². The Morgan fingerprint density at radius 1 is 1.57 bits per heavy atom. The van der Waals surface area contributed by atoms with E-state index in [1.807, 2.05) is 0 Å². The van der Waals surface area contributed by atoms with E-state index < -0.39 is 12.2 Å². The first-order chi connectivity index (χ1) is 6.67. The zero-order valence-corrected chi connectivity index (χ0v) is 7.42. The summed E-state index contributed by atoms with van der Waals surface area (Å²) in [4.78, 5) is 20.6. The van der Waals surface area contributed by atoms with Gasteiger partial charge in [-0.15, -0.1) is 0 Å². The van der Waals surface area contributed by atoms with Crippen LogP contribution >= 0.6 is 0 Å². The highest BCUT2D eigenvalue weighted by molar-refractivity contribution is 5.78. The van der Waals surface area contributed by atoms with Crippen LogP contribution in [0, 0.1) is 0 Å². The zero-order chi connectivity index (χ0) is 10.6. The van der Waals surface area contributed by atoms with Crippen molar-refractivity contribution in [1.29, 1.82) is 0 Å². The average molecular weight is 194 g/mol. The summed E-state index contributed by atoms with van der Waals surface area (Å²) in [5.74, 6) is -0.0779. The molecule has 0 saturated carbocycles. The molecule has 0 fully saturated rings. The Morgan fingerprint density at radius 3 is 2.86 bits per heavy atom. The Bertz CT molecular complexity index is 314. The van der Waals surface area contributed by atoms with Crippen LogP contribution in [0.5, 0.6) is 0 Å². The fourth-order valence-corrected chi connectivity index (χ4v) is 1.05. The topological polar surface area (TPSA) is 63.6 Å². The van der Waals surface area contributed by atoms with Gasteiger partial charge in [0.15, 0.2) is 12.0 Å². The fourth-order valence-electron chi connectivity index (χ4n) is 1.05. The van der Waals surface area contributed by atoms with E-state index in [4.69, 9.17) is 4.74 Å². The molecule has 1 rings (SSSR count). The number of ether oxygens (including phenoxy) is 1. The Morgan fingerprint density at radius 2 is 2.29 bits per heavy atom. The Balaban J connectivity index is 2.72. The minimum atomic E-state index is -0.865. The molecule has 1 aliphatic carbocycles. The molecule has 0 radical (unpaired) electrons. The summed E-state index contributed by atoms with van der Waals surface area (Å²) in [6, 6.07) is 0. The minimum absolute atomic E-state index is 0.0779. The lowest BCUT2D eigenvalue weighted by atomic mass is 10.0. The predicted molar refractivity (Wildman–Crippen MR) is 49.4 cm³/mol. The third kappa shape index (κ3) is 2.40. The van der Waals surface area contributed by atoms with Crippen LogP contribution in [0.2, 0.25) is 0 Å². The van der Waals surface area contributed by atoms with Crippen LogP contribution in [0.4, 0.5) is 0 Å². The summed E-state index contributed by atoms with van der Waals surface area (Å²) in [5.41, 5.74) is 0.402. The molecule has 0 spiro atoms. The van der Waals surface area contributed by atoms with E-state index in [2.05, 4.69) is 6.58 Å². The zero-order valence-electron chi connectivity index (χ0n) is 7.42. The molecular formula is C10H10O4. The van der Waals surface area contributed by atoms with Crippen molar-refractivity contribution in [2.75, 3.05) is 0 Å². The van der Waals surface area contributed by atoms with Gasteiger partial charge in [-0.25, -0.2) is 0 Å². The van der Waals surface area contributed by atoms with E-state index in [0.29, 0.717) is 18.1 Å². The molecule has 0 heterocycles.